The maximum Gasteiger partial charge on any atom is 0.324 e. The van der Waals surface area contributed by atoms with E-state index in [9.17, 15) is 9.59 Å². The lowest BCUT2D eigenvalue weighted by Crippen LogP contribution is -2.37. The minimum atomic E-state index is -0.693. The van der Waals surface area contributed by atoms with Crippen LogP contribution >= 0.6 is 0 Å². The fourth-order valence-corrected chi connectivity index (χ4v) is 0.973. The number of hydrogen-bond acceptors (Lipinski definition) is 6. The van der Waals surface area contributed by atoms with E-state index in [1.165, 1.54) is 10.9 Å². The molecule has 0 aromatic carbocycles. The van der Waals surface area contributed by atoms with Gasteiger partial charge in [-0.2, -0.15) is 0 Å². The number of ether oxygens (including phenoxy) is 1. The van der Waals surface area contributed by atoms with Crippen LogP contribution in [-0.4, -0.2) is 32.9 Å². The summed E-state index contributed by atoms with van der Waals surface area (Å²) in [6, 6.07) is -0.686. The van der Waals surface area contributed by atoms with Crippen molar-refractivity contribution < 1.29 is 14.3 Å². The van der Waals surface area contributed by atoms with Crippen LogP contribution in [0.3, 0.4) is 0 Å². The van der Waals surface area contributed by atoms with Crippen molar-refractivity contribution in [3.8, 4) is 0 Å². The number of hydrogen-bond donors (Lipinski definition) is 2. The molecular formula is C9H15N5O3. The zero-order valence-electron chi connectivity index (χ0n) is 9.66. The zero-order chi connectivity index (χ0) is 13.0. The summed E-state index contributed by atoms with van der Waals surface area (Å²) in [6.45, 7) is 3.47. The molecule has 1 rings (SSSR count). The van der Waals surface area contributed by atoms with Gasteiger partial charge in [-0.05, 0) is 5.92 Å². The predicted molar refractivity (Wildman–Crippen MR) is 57.4 cm³/mol. The molecule has 8 nitrogen and oxygen atoms in total. The van der Waals surface area contributed by atoms with Crippen molar-refractivity contribution in [1.29, 1.82) is 0 Å². The molecule has 0 aliphatic carbocycles. The first-order valence-corrected chi connectivity index (χ1v) is 5.04. The van der Waals surface area contributed by atoms with Gasteiger partial charge >= 0.3 is 5.97 Å². The highest BCUT2D eigenvalue weighted by Crippen LogP contribution is 2.01. The first-order valence-electron chi connectivity index (χ1n) is 5.04. The minimum absolute atomic E-state index is 0.00853. The van der Waals surface area contributed by atoms with E-state index < -0.39 is 17.9 Å². The lowest BCUT2D eigenvalue weighted by Gasteiger charge is -2.13. The largest absolute Gasteiger partial charge is 0.441 e. The number of esters is 1. The molecular weight excluding hydrogens is 226 g/mol. The third kappa shape index (κ3) is 3.52. The highest BCUT2D eigenvalue weighted by atomic mass is 16.5. The highest BCUT2D eigenvalue weighted by molar-refractivity contribution is 5.90. The van der Waals surface area contributed by atoms with E-state index in [1.807, 2.05) is 13.8 Å². The highest BCUT2D eigenvalue weighted by Gasteiger charge is 2.19. The van der Waals surface area contributed by atoms with Gasteiger partial charge in [0.25, 0.3) is 5.91 Å². The average Bonchev–Trinajstić information content (AvgIpc) is 2.73. The van der Waals surface area contributed by atoms with Crippen LogP contribution in [-0.2, 0) is 16.3 Å². The van der Waals surface area contributed by atoms with Crippen LogP contribution in [0.15, 0.2) is 6.20 Å². The fraction of sp³-hybridized carbons (Fsp3) is 0.556. The van der Waals surface area contributed by atoms with E-state index in [0.717, 1.165) is 0 Å². The van der Waals surface area contributed by atoms with E-state index in [4.69, 9.17) is 16.2 Å². The molecule has 0 unspecified atom stereocenters. The number of amides is 1. The monoisotopic (exact) mass is 241 g/mol. The van der Waals surface area contributed by atoms with E-state index in [1.54, 1.807) is 0 Å². The van der Waals surface area contributed by atoms with E-state index in [2.05, 4.69) is 10.3 Å². The van der Waals surface area contributed by atoms with Crippen LogP contribution in [0, 0.1) is 5.92 Å². The Kier molecular flexibility index (Phi) is 4.16. The Bertz CT molecular complexity index is 415. The molecule has 4 N–H and O–H groups in total. The number of primary amides is 1. The van der Waals surface area contributed by atoms with Gasteiger partial charge in [0.15, 0.2) is 12.4 Å². The van der Waals surface area contributed by atoms with Crippen molar-refractivity contribution in [2.75, 3.05) is 0 Å². The van der Waals surface area contributed by atoms with Gasteiger partial charge in [-0.1, -0.05) is 19.1 Å². The summed E-state index contributed by atoms with van der Waals surface area (Å²) in [5, 5.41) is 7.05. The topological polar surface area (TPSA) is 126 Å². The molecule has 0 saturated heterocycles. The summed E-state index contributed by atoms with van der Waals surface area (Å²) in [4.78, 5) is 22.1. The Labute approximate surface area is 97.9 Å². The number of nitrogens with two attached hydrogens (primary N) is 2. The quantitative estimate of drug-likeness (QED) is 0.627. The molecule has 1 amide bonds. The lowest BCUT2D eigenvalue weighted by molar-refractivity contribution is -0.150. The van der Waals surface area contributed by atoms with Crippen LogP contribution in [0.2, 0.25) is 0 Å². The van der Waals surface area contributed by atoms with Crippen LogP contribution in [0.4, 0.5) is 0 Å². The molecule has 94 valence electrons. The van der Waals surface area contributed by atoms with Gasteiger partial charge < -0.3 is 16.2 Å². The summed E-state index contributed by atoms with van der Waals surface area (Å²) in [7, 11) is 0. The van der Waals surface area contributed by atoms with Crippen molar-refractivity contribution in [2.24, 2.45) is 17.4 Å². The maximum absolute atomic E-state index is 11.4. The van der Waals surface area contributed by atoms with Crippen molar-refractivity contribution >= 4 is 11.9 Å². The average molecular weight is 241 g/mol. The number of rotatable bonds is 5. The van der Waals surface area contributed by atoms with Crippen molar-refractivity contribution in [2.45, 2.75) is 26.6 Å². The molecule has 0 fully saturated rings. The Morgan fingerprint density at radius 1 is 1.53 bits per heavy atom. The van der Waals surface area contributed by atoms with E-state index in [0.29, 0.717) is 0 Å². The minimum Gasteiger partial charge on any atom is -0.441 e. The molecule has 1 aromatic heterocycles. The number of carbonyl (C=O) groups is 2. The summed E-state index contributed by atoms with van der Waals surface area (Å²) < 4.78 is 6.07. The standard InChI is InChI=1S/C9H15N5O3/c1-5(2)7(10)9(16)17-4-14-3-6(8(11)15)12-13-14/h3,5,7H,4,10H2,1-2H3,(H2,11,15)/t7-/m0/s1. The molecule has 0 bridgehead atoms. The molecule has 0 aliphatic rings. The molecule has 0 aliphatic heterocycles. The molecule has 17 heavy (non-hydrogen) atoms. The van der Waals surface area contributed by atoms with Gasteiger partial charge in [0.1, 0.15) is 6.04 Å². The van der Waals surface area contributed by atoms with Gasteiger partial charge in [-0.25, -0.2) is 4.68 Å². The van der Waals surface area contributed by atoms with E-state index in [-0.39, 0.29) is 18.3 Å². The Hall–Kier alpha value is -1.96. The first-order chi connectivity index (χ1) is 7.91. The first kappa shape index (κ1) is 13.1. The summed E-state index contributed by atoms with van der Waals surface area (Å²) >= 11 is 0. The third-order valence-electron chi connectivity index (χ3n) is 2.12. The van der Waals surface area contributed by atoms with Crippen molar-refractivity contribution in [1.82, 2.24) is 15.0 Å². The lowest BCUT2D eigenvalue weighted by atomic mass is 10.1. The predicted octanol–water partition coefficient (Wildman–Crippen LogP) is -1.14. The summed E-state index contributed by atoms with van der Waals surface area (Å²) in [6.07, 6.45) is 1.29. The second-order valence-electron chi connectivity index (χ2n) is 3.87. The van der Waals surface area contributed by atoms with Crippen LogP contribution in [0.1, 0.15) is 24.3 Å². The molecule has 1 aromatic rings. The van der Waals surface area contributed by atoms with Crippen LogP contribution in [0.25, 0.3) is 0 Å². The second kappa shape index (κ2) is 5.39. The summed E-state index contributed by atoms with van der Waals surface area (Å²) in [5.41, 5.74) is 10.6. The second-order valence-corrected chi connectivity index (χ2v) is 3.87. The zero-order valence-corrected chi connectivity index (χ0v) is 9.66. The van der Waals surface area contributed by atoms with Gasteiger partial charge in [0, 0.05) is 0 Å². The summed E-state index contributed by atoms with van der Waals surface area (Å²) in [5.74, 6) is -1.24. The fourth-order valence-electron chi connectivity index (χ4n) is 0.973. The number of nitrogens with zero attached hydrogens (tertiary/aromatic N) is 3. The molecule has 8 heteroatoms. The maximum atomic E-state index is 11.4. The van der Waals surface area contributed by atoms with E-state index >= 15 is 0 Å². The molecule has 1 atom stereocenters. The van der Waals surface area contributed by atoms with Crippen LogP contribution in [0.5, 0.6) is 0 Å². The SMILES string of the molecule is CC(C)[C@H](N)C(=O)OCn1cc(C(N)=O)nn1. The van der Waals surface area contributed by atoms with Gasteiger partial charge in [-0.15, -0.1) is 5.10 Å². The van der Waals surface area contributed by atoms with Crippen LogP contribution < -0.4 is 11.5 Å². The third-order valence-corrected chi connectivity index (χ3v) is 2.12. The van der Waals surface area contributed by atoms with Gasteiger partial charge in [0.2, 0.25) is 0 Å². The Balaban J connectivity index is 2.50. The number of carbonyl (C=O) groups excluding carboxylic acids is 2. The van der Waals surface area contributed by atoms with Gasteiger partial charge in [-0.3, -0.25) is 9.59 Å². The molecule has 0 radical (unpaired) electrons. The smallest absolute Gasteiger partial charge is 0.324 e. The molecule has 0 spiro atoms. The number of aromatic nitrogens is 3. The van der Waals surface area contributed by atoms with Crippen molar-refractivity contribution in [3.05, 3.63) is 11.9 Å². The molecule has 0 saturated carbocycles. The normalized spacial score (nSPS) is 12.5. The van der Waals surface area contributed by atoms with Crippen molar-refractivity contribution in [3.63, 3.8) is 0 Å². The molecule has 1 heterocycles. The van der Waals surface area contributed by atoms with Gasteiger partial charge in [0.05, 0.1) is 6.20 Å². The Morgan fingerprint density at radius 3 is 2.65 bits per heavy atom. The Morgan fingerprint density at radius 2 is 2.18 bits per heavy atom.